The van der Waals surface area contributed by atoms with E-state index in [2.05, 4.69) is 10.3 Å². The predicted octanol–water partition coefficient (Wildman–Crippen LogP) is 0.490. The zero-order valence-corrected chi connectivity index (χ0v) is 9.08. The molecule has 0 spiro atoms. The summed E-state index contributed by atoms with van der Waals surface area (Å²) >= 11 is 0. The van der Waals surface area contributed by atoms with Crippen molar-refractivity contribution >= 4 is 11.9 Å². The number of carbonyl (C=O) groups excluding carboxylic acids is 1. The first-order valence-corrected chi connectivity index (χ1v) is 4.91. The number of carboxylic acid groups (broad SMARTS) is 1. The standard InChI is InChI=1S/C9H13N3O4/c1-3-7(9(15)16-4-2)12-5-6(8(13)14)10-11-12/h5,7H,3-4H2,1-2H3,(H,13,14). The molecule has 0 aliphatic carbocycles. The highest BCUT2D eigenvalue weighted by atomic mass is 16.5. The minimum absolute atomic E-state index is 0.192. The van der Waals surface area contributed by atoms with Gasteiger partial charge in [-0.1, -0.05) is 12.1 Å². The van der Waals surface area contributed by atoms with Gasteiger partial charge < -0.3 is 9.84 Å². The lowest BCUT2D eigenvalue weighted by Crippen LogP contribution is -2.22. The number of hydrogen-bond donors (Lipinski definition) is 1. The number of hydrogen-bond acceptors (Lipinski definition) is 5. The van der Waals surface area contributed by atoms with Crippen LogP contribution in [0.15, 0.2) is 6.20 Å². The monoisotopic (exact) mass is 227 g/mol. The van der Waals surface area contributed by atoms with Gasteiger partial charge in [-0.2, -0.15) is 0 Å². The molecule has 0 saturated carbocycles. The second-order valence-corrected chi connectivity index (χ2v) is 3.07. The molecule has 7 heteroatoms. The number of esters is 1. The minimum Gasteiger partial charge on any atom is -0.476 e. The van der Waals surface area contributed by atoms with Crippen LogP contribution in [0.2, 0.25) is 0 Å². The molecule has 0 aliphatic rings. The summed E-state index contributed by atoms with van der Waals surface area (Å²) in [6.45, 7) is 3.76. The summed E-state index contributed by atoms with van der Waals surface area (Å²) in [6.07, 6.45) is 1.68. The zero-order valence-electron chi connectivity index (χ0n) is 9.08. The summed E-state index contributed by atoms with van der Waals surface area (Å²) in [5, 5.41) is 15.7. The van der Waals surface area contributed by atoms with Crippen molar-refractivity contribution in [3.8, 4) is 0 Å². The van der Waals surface area contributed by atoms with Crippen LogP contribution in [0.3, 0.4) is 0 Å². The van der Waals surface area contributed by atoms with Crippen LogP contribution in [0.4, 0.5) is 0 Å². The molecule has 0 radical (unpaired) electrons. The lowest BCUT2D eigenvalue weighted by Gasteiger charge is -2.12. The molecule has 0 aromatic carbocycles. The van der Waals surface area contributed by atoms with E-state index < -0.39 is 18.0 Å². The molecule has 88 valence electrons. The quantitative estimate of drug-likeness (QED) is 0.735. The largest absolute Gasteiger partial charge is 0.476 e. The Kier molecular flexibility index (Phi) is 3.98. The highest BCUT2D eigenvalue weighted by molar-refractivity contribution is 5.84. The normalized spacial score (nSPS) is 12.1. The van der Waals surface area contributed by atoms with E-state index >= 15 is 0 Å². The van der Waals surface area contributed by atoms with E-state index in [-0.39, 0.29) is 12.3 Å². The maximum atomic E-state index is 11.5. The van der Waals surface area contributed by atoms with Crippen LogP contribution in [0.5, 0.6) is 0 Å². The number of aromatic carboxylic acids is 1. The molecule has 1 rings (SSSR count). The van der Waals surface area contributed by atoms with Gasteiger partial charge >= 0.3 is 11.9 Å². The van der Waals surface area contributed by atoms with Gasteiger partial charge in [0.1, 0.15) is 0 Å². The van der Waals surface area contributed by atoms with Crippen LogP contribution in [0.25, 0.3) is 0 Å². The van der Waals surface area contributed by atoms with Gasteiger partial charge in [0.05, 0.1) is 12.8 Å². The number of nitrogens with zero attached hydrogens (tertiary/aromatic N) is 3. The summed E-state index contributed by atoms with van der Waals surface area (Å²) in [6, 6.07) is -0.624. The van der Waals surface area contributed by atoms with Gasteiger partial charge in [0, 0.05) is 0 Å². The van der Waals surface area contributed by atoms with E-state index in [0.717, 1.165) is 0 Å². The van der Waals surface area contributed by atoms with Crippen molar-refractivity contribution in [2.45, 2.75) is 26.3 Å². The number of rotatable bonds is 5. The lowest BCUT2D eigenvalue weighted by molar-refractivity contribution is -0.147. The molecule has 1 N–H and O–H groups in total. The molecule has 1 aromatic rings. The summed E-state index contributed by atoms with van der Waals surface area (Å²) < 4.78 is 6.05. The van der Waals surface area contributed by atoms with Crippen LogP contribution in [-0.2, 0) is 9.53 Å². The van der Waals surface area contributed by atoms with Crippen molar-refractivity contribution in [2.75, 3.05) is 6.61 Å². The first kappa shape index (κ1) is 12.2. The van der Waals surface area contributed by atoms with E-state index in [0.29, 0.717) is 6.42 Å². The fourth-order valence-corrected chi connectivity index (χ4v) is 1.23. The Morgan fingerprint density at radius 3 is 2.69 bits per heavy atom. The van der Waals surface area contributed by atoms with Gasteiger partial charge in [-0.3, -0.25) is 0 Å². The van der Waals surface area contributed by atoms with E-state index in [1.54, 1.807) is 13.8 Å². The van der Waals surface area contributed by atoms with Crippen LogP contribution in [0, 0.1) is 0 Å². The topological polar surface area (TPSA) is 94.3 Å². The summed E-state index contributed by atoms with van der Waals surface area (Å²) in [5.41, 5.74) is -0.192. The molecule has 1 atom stereocenters. The Balaban J connectivity index is 2.86. The van der Waals surface area contributed by atoms with Gasteiger partial charge in [-0.25, -0.2) is 14.3 Å². The fraction of sp³-hybridized carbons (Fsp3) is 0.556. The highest BCUT2D eigenvalue weighted by Crippen LogP contribution is 2.12. The maximum absolute atomic E-state index is 11.5. The van der Waals surface area contributed by atoms with Crippen LogP contribution in [-0.4, -0.2) is 38.6 Å². The molecule has 16 heavy (non-hydrogen) atoms. The second-order valence-electron chi connectivity index (χ2n) is 3.07. The number of carboxylic acids is 1. The van der Waals surface area contributed by atoms with Crippen LogP contribution >= 0.6 is 0 Å². The summed E-state index contributed by atoms with van der Waals surface area (Å²) in [7, 11) is 0. The molecule has 0 fully saturated rings. The third kappa shape index (κ3) is 2.56. The van der Waals surface area contributed by atoms with Crippen molar-refractivity contribution in [3.05, 3.63) is 11.9 Å². The molecule has 7 nitrogen and oxygen atoms in total. The molecule has 1 aromatic heterocycles. The van der Waals surface area contributed by atoms with E-state index in [1.807, 2.05) is 0 Å². The Labute approximate surface area is 92.0 Å². The number of aromatic nitrogens is 3. The molecule has 0 aliphatic heterocycles. The average Bonchev–Trinajstić information content (AvgIpc) is 2.68. The average molecular weight is 227 g/mol. The smallest absolute Gasteiger partial charge is 0.358 e. The van der Waals surface area contributed by atoms with Gasteiger partial charge in [-0.05, 0) is 13.3 Å². The second kappa shape index (κ2) is 5.24. The molecule has 1 unspecified atom stereocenters. The number of ether oxygens (including phenoxy) is 1. The molecule has 1 heterocycles. The summed E-state index contributed by atoms with van der Waals surface area (Å²) in [4.78, 5) is 22.1. The molecular weight excluding hydrogens is 214 g/mol. The molecular formula is C9H13N3O4. The van der Waals surface area contributed by atoms with Crippen molar-refractivity contribution in [3.63, 3.8) is 0 Å². The third-order valence-electron chi connectivity index (χ3n) is 1.99. The van der Waals surface area contributed by atoms with Crippen molar-refractivity contribution < 1.29 is 19.4 Å². The molecule has 0 amide bonds. The Morgan fingerprint density at radius 1 is 1.56 bits per heavy atom. The van der Waals surface area contributed by atoms with Gasteiger partial charge in [0.25, 0.3) is 0 Å². The van der Waals surface area contributed by atoms with Gasteiger partial charge in [-0.15, -0.1) is 5.10 Å². The van der Waals surface area contributed by atoms with Crippen molar-refractivity contribution in [1.82, 2.24) is 15.0 Å². The predicted molar refractivity (Wildman–Crippen MR) is 52.9 cm³/mol. The zero-order chi connectivity index (χ0) is 12.1. The van der Waals surface area contributed by atoms with Crippen molar-refractivity contribution in [2.24, 2.45) is 0 Å². The van der Waals surface area contributed by atoms with E-state index in [1.165, 1.54) is 10.9 Å². The van der Waals surface area contributed by atoms with Gasteiger partial charge in [0.15, 0.2) is 11.7 Å². The minimum atomic E-state index is -1.18. The Bertz CT molecular complexity index is 388. The van der Waals surface area contributed by atoms with E-state index in [9.17, 15) is 9.59 Å². The van der Waals surface area contributed by atoms with Gasteiger partial charge in [0.2, 0.25) is 0 Å². The SMILES string of the molecule is CCOC(=O)C(CC)n1cc(C(=O)O)nn1. The Morgan fingerprint density at radius 2 is 2.25 bits per heavy atom. The highest BCUT2D eigenvalue weighted by Gasteiger charge is 2.22. The third-order valence-corrected chi connectivity index (χ3v) is 1.99. The maximum Gasteiger partial charge on any atom is 0.358 e. The van der Waals surface area contributed by atoms with Crippen molar-refractivity contribution in [1.29, 1.82) is 0 Å². The molecule has 0 saturated heterocycles. The number of carbonyl (C=O) groups is 2. The van der Waals surface area contributed by atoms with Crippen LogP contribution in [0.1, 0.15) is 36.8 Å². The summed E-state index contributed by atoms with van der Waals surface area (Å²) in [5.74, 6) is -1.61. The van der Waals surface area contributed by atoms with Crippen LogP contribution < -0.4 is 0 Å². The fourth-order valence-electron chi connectivity index (χ4n) is 1.23. The van der Waals surface area contributed by atoms with E-state index in [4.69, 9.17) is 9.84 Å². The molecule has 0 bridgehead atoms. The Hall–Kier alpha value is -1.92. The first-order chi connectivity index (χ1) is 7.60. The lowest BCUT2D eigenvalue weighted by atomic mass is 10.2. The first-order valence-electron chi connectivity index (χ1n) is 4.91.